The second-order valence-electron chi connectivity index (χ2n) is 11.9. The van der Waals surface area contributed by atoms with Crippen molar-refractivity contribution in [3.8, 4) is 11.3 Å². The minimum absolute atomic E-state index is 0.125. The van der Waals surface area contributed by atoms with Crippen LogP contribution in [-0.4, -0.2) is 49.0 Å². The van der Waals surface area contributed by atoms with Gasteiger partial charge in [0.1, 0.15) is 6.04 Å². The van der Waals surface area contributed by atoms with E-state index in [0.29, 0.717) is 25.1 Å². The van der Waals surface area contributed by atoms with Crippen LogP contribution >= 0.6 is 0 Å². The second kappa shape index (κ2) is 14.1. The molecule has 1 unspecified atom stereocenters. The van der Waals surface area contributed by atoms with Gasteiger partial charge in [-0.05, 0) is 64.6 Å². The molecule has 244 valence electrons. The number of halogens is 3. The number of rotatable bonds is 9. The molecule has 6 rings (SSSR count). The van der Waals surface area contributed by atoms with Crippen LogP contribution in [0.1, 0.15) is 33.4 Å². The number of carbonyl (C=O) groups excluding carboxylic acids is 2. The van der Waals surface area contributed by atoms with Gasteiger partial charge in [-0.1, -0.05) is 66.7 Å². The summed E-state index contributed by atoms with van der Waals surface area (Å²) in [6, 6.07) is 25.1. The fraction of sp³-hybridized carbons (Fsp3) is 0.211. The van der Waals surface area contributed by atoms with Crippen LogP contribution in [0.25, 0.3) is 17.3 Å². The van der Waals surface area contributed by atoms with Crippen LogP contribution in [0.4, 0.5) is 13.2 Å². The molecule has 0 saturated heterocycles. The van der Waals surface area contributed by atoms with Crippen LogP contribution in [-0.2, 0) is 48.7 Å². The zero-order valence-corrected chi connectivity index (χ0v) is 26.3. The van der Waals surface area contributed by atoms with Crippen molar-refractivity contribution in [2.24, 2.45) is 7.05 Å². The van der Waals surface area contributed by atoms with E-state index in [4.69, 9.17) is 0 Å². The van der Waals surface area contributed by atoms with E-state index in [1.807, 2.05) is 66.9 Å². The number of alkyl halides is 3. The Labute approximate surface area is 277 Å². The van der Waals surface area contributed by atoms with E-state index in [2.05, 4.69) is 16.1 Å². The lowest BCUT2D eigenvalue weighted by Crippen LogP contribution is -2.52. The molecule has 1 aliphatic heterocycles. The number of nitrogens with zero attached hydrogens (tertiary/aromatic N) is 5. The lowest BCUT2D eigenvalue weighted by molar-refractivity contribution is -0.144. The van der Waals surface area contributed by atoms with Gasteiger partial charge in [-0.2, -0.15) is 18.3 Å². The molecule has 7 nitrogen and oxygen atoms in total. The van der Waals surface area contributed by atoms with Crippen molar-refractivity contribution in [2.45, 2.75) is 38.1 Å². The van der Waals surface area contributed by atoms with Crippen molar-refractivity contribution in [1.82, 2.24) is 24.6 Å². The Morgan fingerprint density at radius 1 is 0.917 bits per heavy atom. The van der Waals surface area contributed by atoms with E-state index in [1.54, 1.807) is 33.9 Å². The molecule has 0 saturated carbocycles. The standard InChI is InChI=1S/C38H34F3N5O2/c1-44-24-29(23-43-44)22-35(37(48)45-21-19-30-6-2-3-7-32(30)26-45)46(25-28-9-14-31(15-10-28)34-8-4-5-20-42-34)36(47)18-13-27-11-16-33(17-12-27)38(39,40)41/h2-18,20,23-24,35H,19,21-22,25-26H2,1H3. The van der Waals surface area contributed by atoms with Gasteiger partial charge < -0.3 is 9.80 Å². The van der Waals surface area contributed by atoms with Crippen molar-refractivity contribution in [3.05, 3.63) is 149 Å². The molecule has 0 bridgehead atoms. The first-order valence-electron chi connectivity index (χ1n) is 15.6. The number of pyridine rings is 1. The Balaban J connectivity index is 1.33. The molecule has 0 N–H and O–H groups in total. The number of fused-ring (bicyclic) bond motifs is 1. The fourth-order valence-electron chi connectivity index (χ4n) is 5.93. The molecule has 0 radical (unpaired) electrons. The molecular formula is C38H34F3N5O2. The van der Waals surface area contributed by atoms with Gasteiger partial charge in [0.2, 0.25) is 11.8 Å². The van der Waals surface area contributed by atoms with Crippen molar-refractivity contribution < 1.29 is 22.8 Å². The molecule has 10 heteroatoms. The molecule has 0 aliphatic carbocycles. The highest BCUT2D eigenvalue weighted by atomic mass is 19.4. The zero-order chi connectivity index (χ0) is 33.7. The van der Waals surface area contributed by atoms with Crippen LogP contribution < -0.4 is 0 Å². The van der Waals surface area contributed by atoms with Gasteiger partial charge in [0.05, 0.1) is 17.5 Å². The van der Waals surface area contributed by atoms with E-state index in [9.17, 15) is 22.8 Å². The van der Waals surface area contributed by atoms with Gasteiger partial charge in [-0.25, -0.2) is 0 Å². The summed E-state index contributed by atoms with van der Waals surface area (Å²) in [7, 11) is 1.79. The summed E-state index contributed by atoms with van der Waals surface area (Å²) in [6.07, 6.45) is 4.51. The van der Waals surface area contributed by atoms with Crippen molar-refractivity contribution in [3.63, 3.8) is 0 Å². The molecule has 0 fully saturated rings. The number of amides is 2. The fourth-order valence-corrected chi connectivity index (χ4v) is 5.93. The van der Waals surface area contributed by atoms with Gasteiger partial charge in [-0.3, -0.25) is 19.3 Å². The summed E-state index contributed by atoms with van der Waals surface area (Å²) in [5.41, 5.74) is 5.25. The van der Waals surface area contributed by atoms with E-state index < -0.39 is 23.7 Å². The Kier molecular flexibility index (Phi) is 9.52. The number of hydrogen-bond donors (Lipinski definition) is 0. The Bertz CT molecular complexity index is 1900. The Hall–Kier alpha value is -5.51. The molecule has 0 spiro atoms. The molecule has 1 aliphatic rings. The molecular weight excluding hydrogens is 615 g/mol. The molecule has 2 amide bonds. The Morgan fingerprint density at radius 2 is 1.65 bits per heavy atom. The minimum Gasteiger partial charge on any atom is -0.336 e. The van der Waals surface area contributed by atoms with Crippen LogP contribution in [0.2, 0.25) is 0 Å². The summed E-state index contributed by atoms with van der Waals surface area (Å²) in [6.45, 7) is 1.07. The largest absolute Gasteiger partial charge is 0.416 e. The summed E-state index contributed by atoms with van der Waals surface area (Å²) in [4.78, 5) is 36.3. The molecule has 5 aromatic rings. The lowest BCUT2D eigenvalue weighted by Gasteiger charge is -2.36. The number of aromatic nitrogens is 3. The summed E-state index contributed by atoms with van der Waals surface area (Å²) in [5, 5.41) is 4.29. The van der Waals surface area contributed by atoms with Gasteiger partial charge in [-0.15, -0.1) is 0 Å². The van der Waals surface area contributed by atoms with E-state index in [1.165, 1.54) is 29.8 Å². The van der Waals surface area contributed by atoms with Crippen molar-refractivity contribution in [2.75, 3.05) is 6.54 Å². The summed E-state index contributed by atoms with van der Waals surface area (Å²) < 4.78 is 41.0. The molecule has 3 aromatic carbocycles. The van der Waals surface area contributed by atoms with Gasteiger partial charge in [0.25, 0.3) is 0 Å². The molecule has 48 heavy (non-hydrogen) atoms. The third kappa shape index (κ3) is 7.71. The summed E-state index contributed by atoms with van der Waals surface area (Å²) >= 11 is 0. The smallest absolute Gasteiger partial charge is 0.336 e. The molecule has 1 atom stereocenters. The van der Waals surface area contributed by atoms with Gasteiger partial charge in [0.15, 0.2) is 0 Å². The monoisotopic (exact) mass is 649 g/mol. The van der Waals surface area contributed by atoms with Gasteiger partial charge >= 0.3 is 6.18 Å². The quantitative estimate of drug-likeness (QED) is 0.166. The first kappa shape index (κ1) is 32.4. The lowest BCUT2D eigenvalue weighted by atomic mass is 9.97. The predicted molar refractivity (Wildman–Crippen MR) is 177 cm³/mol. The first-order valence-corrected chi connectivity index (χ1v) is 15.6. The SMILES string of the molecule is Cn1cc(CC(C(=O)N2CCc3ccccc3C2)N(Cc2ccc(-c3ccccn3)cc2)C(=O)C=Cc2ccc(C(F)(F)F)cc2)cn1. The Morgan fingerprint density at radius 3 is 2.31 bits per heavy atom. The highest BCUT2D eigenvalue weighted by Gasteiger charge is 2.34. The normalized spacial score (nSPS) is 13.7. The van der Waals surface area contributed by atoms with E-state index in [0.717, 1.165) is 40.1 Å². The number of carbonyl (C=O) groups is 2. The van der Waals surface area contributed by atoms with Crippen LogP contribution in [0.15, 0.2) is 116 Å². The zero-order valence-electron chi connectivity index (χ0n) is 26.3. The minimum atomic E-state index is -4.46. The third-order valence-electron chi connectivity index (χ3n) is 8.50. The van der Waals surface area contributed by atoms with E-state index >= 15 is 0 Å². The molecule has 2 aromatic heterocycles. The number of aryl methyl sites for hydroxylation is 1. The maximum atomic E-state index is 14.5. The van der Waals surface area contributed by atoms with Crippen LogP contribution in [0, 0.1) is 0 Å². The van der Waals surface area contributed by atoms with Crippen LogP contribution in [0.3, 0.4) is 0 Å². The van der Waals surface area contributed by atoms with Gasteiger partial charge in [0, 0.05) is 57.1 Å². The van der Waals surface area contributed by atoms with Crippen molar-refractivity contribution >= 4 is 17.9 Å². The first-order chi connectivity index (χ1) is 23.1. The highest BCUT2D eigenvalue weighted by Crippen LogP contribution is 2.29. The average molecular weight is 650 g/mol. The van der Waals surface area contributed by atoms with Crippen molar-refractivity contribution in [1.29, 1.82) is 0 Å². The van der Waals surface area contributed by atoms with E-state index in [-0.39, 0.29) is 18.9 Å². The predicted octanol–water partition coefficient (Wildman–Crippen LogP) is 6.74. The maximum Gasteiger partial charge on any atom is 0.416 e. The third-order valence-corrected chi connectivity index (χ3v) is 8.50. The second-order valence-corrected chi connectivity index (χ2v) is 11.9. The highest BCUT2D eigenvalue weighted by molar-refractivity contribution is 5.96. The number of hydrogen-bond acceptors (Lipinski definition) is 4. The van der Waals surface area contributed by atoms with Crippen LogP contribution in [0.5, 0.6) is 0 Å². The summed E-state index contributed by atoms with van der Waals surface area (Å²) in [5.74, 6) is -0.627. The maximum absolute atomic E-state index is 14.5. The topological polar surface area (TPSA) is 71.3 Å². The number of benzene rings is 3. The molecule has 3 heterocycles. The average Bonchev–Trinajstić information content (AvgIpc) is 3.52.